The van der Waals surface area contributed by atoms with Crippen molar-refractivity contribution in [2.75, 3.05) is 13.2 Å². The van der Waals surface area contributed by atoms with E-state index in [1.54, 1.807) is 0 Å². The molecule has 0 bridgehead atoms. The van der Waals surface area contributed by atoms with Crippen molar-refractivity contribution in [3.8, 4) is 18.1 Å². The molecular formula is C15H21NO2. The van der Waals surface area contributed by atoms with E-state index in [-0.39, 0.29) is 12.6 Å². The van der Waals surface area contributed by atoms with Gasteiger partial charge in [0.05, 0.1) is 6.04 Å². The molecule has 0 aliphatic heterocycles. The summed E-state index contributed by atoms with van der Waals surface area (Å²) in [5.74, 6) is 3.32. The Hall–Kier alpha value is -1.50. The van der Waals surface area contributed by atoms with Crippen molar-refractivity contribution in [3.63, 3.8) is 0 Å². The fraction of sp³-hybridized carbons (Fsp3) is 0.467. The molecule has 3 nitrogen and oxygen atoms in total. The molecule has 18 heavy (non-hydrogen) atoms. The highest BCUT2D eigenvalue weighted by Gasteiger charge is 2.06. The third-order valence-corrected chi connectivity index (χ3v) is 2.68. The second-order valence-corrected chi connectivity index (χ2v) is 4.26. The Bertz CT molecular complexity index is 380. The van der Waals surface area contributed by atoms with Gasteiger partial charge in [0.1, 0.15) is 18.5 Å². The highest BCUT2D eigenvalue weighted by molar-refractivity contribution is 5.27. The molecule has 1 rings (SSSR count). The van der Waals surface area contributed by atoms with Crippen LogP contribution in [0.1, 0.15) is 19.4 Å². The molecule has 1 aromatic rings. The molecule has 0 fully saturated rings. The van der Waals surface area contributed by atoms with Gasteiger partial charge in [-0.15, -0.1) is 6.42 Å². The summed E-state index contributed by atoms with van der Waals surface area (Å²) in [5.41, 5.74) is 1.27. The number of terminal acetylenes is 1. The molecule has 2 atom stereocenters. The molecule has 1 aromatic carbocycles. The van der Waals surface area contributed by atoms with Crippen molar-refractivity contribution in [3.05, 3.63) is 29.8 Å². The lowest BCUT2D eigenvalue weighted by Crippen LogP contribution is -2.35. The van der Waals surface area contributed by atoms with Gasteiger partial charge in [-0.05, 0) is 31.0 Å². The molecule has 0 spiro atoms. The lowest BCUT2D eigenvalue weighted by atomic mass is 10.2. The third kappa shape index (κ3) is 5.22. The minimum atomic E-state index is -0.563. The number of aliphatic hydroxyl groups is 1. The van der Waals surface area contributed by atoms with Crippen molar-refractivity contribution >= 4 is 0 Å². The van der Waals surface area contributed by atoms with Crippen LogP contribution in [0.3, 0.4) is 0 Å². The molecule has 0 amide bonds. The summed E-state index contributed by atoms with van der Waals surface area (Å²) in [6.45, 7) is 4.67. The topological polar surface area (TPSA) is 41.5 Å². The normalized spacial score (nSPS) is 13.7. The van der Waals surface area contributed by atoms with E-state index in [1.165, 1.54) is 5.56 Å². The quantitative estimate of drug-likeness (QED) is 0.719. The van der Waals surface area contributed by atoms with Gasteiger partial charge in [-0.2, -0.15) is 0 Å². The first-order chi connectivity index (χ1) is 8.65. The number of aliphatic hydroxyl groups excluding tert-OH is 1. The number of nitrogens with one attached hydrogen (secondary N) is 1. The molecule has 0 aliphatic rings. The zero-order valence-corrected chi connectivity index (χ0v) is 11.0. The predicted molar refractivity (Wildman–Crippen MR) is 73.6 cm³/mol. The minimum Gasteiger partial charge on any atom is -0.491 e. The molecular weight excluding hydrogens is 226 g/mol. The van der Waals surface area contributed by atoms with Crippen LogP contribution in [-0.4, -0.2) is 30.4 Å². The summed E-state index contributed by atoms with van der Waals surface area (Å²) in [5, 5.41) is 12.7. The second kappa shape index (κ2) is 7.75. The van der Waals surface area contributed by atoms with E-state index in [0.717, 1.165) is 12.2 Å². The maximum Gasteiger partial charge on any atom is 0.119 e. The number of ether oxygens (including phenoxy) is 1. The molecule has 0 heterocycles. The van der Waals surface area contributed by atoms with Gasteiger partial charge in [-0.25, -0.2) is 0 Å². The summed E-state index contributed by atoms with van der Waals surface area (Å²) in [4.78, 5) is 0. The van der Waals surface area contributed by atoms with Gasteiger partial charge in [0.2, 0.25) is 0 Å². The van der Waals surface area contributed by atoms with Crippen LogP contribution < -0.4 is 10.1 Å². The van der Waals surface area contributed by atoms with Crippen molar-refractivity contribution in [1.82, 2.24) is 5.32 Å². The van der Waals surface area contributed by atoms with Crippen molar-refractivity contribution < 1.29 is 9.84 Å². The SMILES string of the molecule is C#CC(C)NCC(O)COc1ccc(CC)cc1. The van der Waals surface area contributed by atoms with Crippen LogP contribution in [-0.2, 0) is 6.42 Å². The zero-order valence-electron chi connectivity index (χ0n) is 11.0. The van der Waals surface area contributed by atoms with Crippen molar-refractivity contribution in [1.29, 1.82) is 0 Å². The molecule has 0 radical (unpaired) electrons. The molecule has 0 aliphatic carbocycles. The van der Waals surface area contributed by atoms with E-state index in [4.69, 9.17) is 11.2 Å². The van der Waals surface area contributed by atoms with Crippen LogP contribution in [0.5, 0.6) is 5.75 Å². The van der Waals surface area contributed by atoms with E-state index >= 15 is 0 Å². The fourth-order valence-electron chi connectivity index (χ4n) is 1.44. The molecule has 0 saturated carbocycles. The van der Waals surface area contributed by atoms with E-state index in [2.05, 4.69) is 18.2 Å². The Morgan fingerprint density at radius 3 is 2.61 bits per heavy atom. The average molecular weight is 247 g/mol. The smallest absolute Gasteiger partial charge is 0.119 e. The maximum absolute atomic E-state index is 9.70. The van der Waals surface area contributed by atoms with Gasteiger partial charge in [0, 0.05) is 6.54 Å². The second-order valence-electron chi connectivity index (χ2n) is 4.26. The Morgan fingerprint density at radius 1 is 1.39 bits per heavy atom. The lowest BCUT2D eigenvalue weighted by molar-refractivity contribution is 0.105. The maximum atomic E-state index is 9.70. The van der Waals surface area contributed by atoms with E-state index < -0.39 is 6.10 Å². The van der Waals surface area contributed by atoms with Crippen LogP contribution in [0.15, 0.2) is 24.3 Å². The van der Waals surface area contributed by atoms with Crippen LogP contribution in [0.25, 0.3) is 0 Å². The van der Waals surface area contributed by atoms with Gasteiger partial charge in [0.15, 0.2) is 0 Å². The molecule has 0 aromatic heterocycles. The molecule has 98 valence electrons. The van der Waals surface area contributed by atoms with E-state index in [1.807, 2.05) is 31.2 Å². The first kappa shape index (κ1) is 14.6. The standard InChI is InChI=1S/C15H21NO2/c1-4-12(3)16-10-14(17)11-18-15-8-6-13(5-2)7-9-15/h1,6-9,12,14,16-17H,5,10-11H2,2-3H3. The van der Waals surface area contributed by atoms with Crippen molar-refractivity contribution in [2.45, 2.75) is 32.4 Å². The predicted octanol–water partition coefficient (Wildman–Crippen LogP) is 1.60. The summed E-state index contributed by atoms with van der Waals surface area (Å²) >= 11 is 0. The lowest BCUT2D eigenvalue weighted by Gasteiger charge is -2.14. The number of hydrogen-bond donors (Lipinski definition) is 2. The zero-order chi connectivity index (χ0) is 13.4. The van der Waals surface area contributed by atoms with E-state index in [9.17, 15) is 5.11 Å². The summed E-state index contributed by atoms with van der Waals surface area (Å²) in [6, 6.07) is 7.86. The highest BCUT2D eigenvalue weighted by Crippen LogP contribution is 2.12. The van der Waals surface area contributed by atoms with Gasteiger partial charge in [-0.1, -0.05) is 25.0 Å². The van der Waals surface area contributed by atoms with E-state index in [0.29, 0.717) is 6.54 Å². The largest absolute Gasteiger partial charge is 0.491 e. The fourth-order valence-corrected chi connectivity index (χ4v) is 1.44. The number of hydrogen-bond acceptors (Lipinski definition) is 3. The van der Waals surface area contributed by atoms with Crippen LogP contribution in [0.2, 0.25) is 0 Å². The van der Waals surface area contributed by atoms with Gasteiger partial charge in [0.25, 0.3) is 0 Å². The first-order valence-corrected chi connectivity index (χ1v) is 6.25. The van der Waals surface area contributed by atoms with Crippen molar-refractivity contribution in [2.24, 2.45) is 0 Å². The third-order valence-electron chi connectivity index (χ3n) is 2.68. The molecule has 2 N–H and O–H groups in total. The minimum absolute atomic E-state index is 0.0384. The van der Waals surface area contributed by atoms with Gasteiger partial charge >= 0.3 is 0 Å². The monoisotopic (exact) mass is 247 g/mol. The number of rotatable bonds is 7. The Balaban J connectivity index is 2.29. The average Bonchev–Trinajstić information content (AvgIpc) is 2.42. The number of aryl methyl sites for hydroxylation is 1. The Kier molecular flexibility index (Phi) is 6.27. The highest BCUT2D eigenvalue weighted by atomic mass is 16.5. The summed E-state index contributed by atoms with van der Waals surface area (Å²) < 4.78 is 5.49. The number of benzene rings is 1. The molecule has 0 saturated heterocycles. The molecule has 2 unspecified atom stereocenters. The van der Waals surface area contributed by atoms with Gasteiger partial charge in [-0.3, -0.25) is 0 Å². The summed E-state index contributed by atoms with van der Waals surface area (Å²) in [7, 11) is 0. The summed E-state index contributed by atoms with van der Waals surface area (Å²) in [6.07, 6.45) is 5.67. The Labute approximate surface area is 109 Å². The van der Waals surface area contributed by atoms with Crippen LogP contribution in [0, 0.1) is 12.3 Å². The van der Waals surface area contributed by atoms with Crippen LogP contribution >= 0.6 is 0 Å². The Morgan fingerprint density at radius 2 is 2.06 bits per heavy atom. The van der Waals surface area contributed by atoms with Crippen LogP contribution in [0.4, 0.5) is 0 Å². The first-order valence-electron chi connectivity index (χ1n) is 6.25. The van der Waals surface area contributed by atoms with Gasteiger partial charge < -0.3 is 15.2 Å². The molecule has 3 heteroatoms.